The maximum Gasteiger partial charge on any atom is 0.414 e. The highest BCUT2D eigenvalue weighted by molar-refractivity contribution is 6.27. The van der Waals surface area contributed by atoms with Crippen LogP contribution in [-0.2, 0) is 30.5 Å². The summed E-state index contributed by atoms with van der Waals surface area (Å²) in [5, 5.41) is 14.8. The fourth-order valence-corrected chi connectivity index (χ4v) is 4.08. The second kappa shape index (κ2) is 10.2. The molecule has 2 saturated heterocycles. The van der Waals surface area contributed by atoms with Crippen LogP contribution >= 0.6 is 0 Å². The van der Waals surface area contributed by atoms with Crippen LogP contribution in [-0.4, -0.2) is 78.9 Å². The molecule has 11 nitrogen and oxygen atoms in total. The van der Waals surface area contributed by atoms with Crippen molar-refractivity contribution in [1.82, 2.24) is 19.4 Å². The van der Waals surface area contributed by atoms with E-state index < -0.39 is 11.9 Å². The maximum absolute atomic E-state index is 12.5. The fraction of sp³-hybridized carbons (Fsp3) is 0.455. The first-order valence-corrected chi connectivity index (χ1v) is 10.7. The summed E-state index contributed by atoms with van der Waals surface area (Å²) >= 11 is 0. The minimum atomic E-state index is -1.82. The van der Waals surface area contributed by atoms with Gasteiger partial charge < -0.3 is 19.7 Å². The summed E-state index contributed by atoms with van der Waals surface area (Å²) in [6.07, 6.45) is 2.29. The Morgan fingerprint density at radius 2 is 1.58 bits per heavy atom. The Kier molecular flexibility index (Phi) is 7.41. The van der Waals surface area contributed by atoms with E-state index in [1.165, 1.54) is 0 Å². The van der Waals surface area contributed by atoms with Crippen molar-refractivity contribution < 1.29 is 34.2 Å². The summed E-state index contributed by atoms with van der Waals surface area (Å²) in [5.74, 6) is -2.73. The Balaban J connectivity index is 0.000000454. The number of aryl methyl sites for hydroxylation is 1. The van der Waals surface area contributed by atoms with Crippen molar-refractivity contribution in [2.24, 2.45) is 5.92 Å². The lowest BCUT2D eigenvalue weighted by atomic mass is 9.96. The average molecular weight is 458 g/mol. The number of aromatic nitrogens is 2. The van der Waals surface area contributed by atoms with Crippen molar-refractivity contribution in [2.75, 3.05) is 19.6 Å². The number of fused-ring (bicyclic) bond motifs is 1. The van der Waals surface area contributed by atoms with Gasteiger partial charge in [-0.25, -0.2) is 14.6 Å². The van der Waals surface area contributed by atoms with Gasteiger partial charge in [0.2, 0.25) is 17.7 Å². The summed E-state index contributed by atoms with van der Waals surface area (Å²) in [5.41, 5.74) is 2.17. The third-order valence-corrected chi connectivity index (χ3v) is 5.88. The summed E-state index contributed by atoms with van der Waals surface area (Å²) in [7, 11) is 0. The smallest absolute Gasteiger partial charge is 0.414 e. The van der Waals surface area contributed by atoms with Gasteiger partial charge in [0.15, 0.2) is 0 Å². The molecule has 3 heterocycles. The molecular formula is C22H26N4O7. The first kappa shape index (κ1) is 23.9. The van der Waals surface area contributed by atoms with E-state index in [1.54, 1.807) is 4.90 Å². The van der Waals surface area contributed by atoms with E-state index >= 15 is 0 Å². The van der Waals surface area contributed by atoms with Crippen LogP contribution in [0, 0.1) is 12.8 Å². The number of aliphatic carboxylic acids is 2. The molecule has 1 aromatic heterocycles. The lowest BCUT2D eigenvalue weighted by molar-refractivity contribution is -0.159. The van der Waals surface area contributed by atoms with Gasteiger partial charge in [-0.2, -0.15) is 0 Å². The molecule has 2 aromatic rings. The molecule has 0 radical (unpaired) electrons. The second-order valence-electron chi connectivity index (χ2n) is 8.07. The molecule has 3 amide bonds. The average Bonchev–Trinajstić information content (AvgIpc) is 3.27. The van der Waals surface area contributed by atoms with E-state index in [4.69, 9.17) is 19.8 Å². The number of hydrogen-bond donors (Lipinski definition) is 2. The molecule has 0 bridgehead atoms. The quantitative estimate of drug-likeness (QED) is 0.506. The zero-order chi connectivity index (χ0) is 24.1. The van der Waals surface area contributed by atoms with Gasteiger partial charge in [-0.3, -0.25) is 19.3 Å². The first-order chi connectivity index (χ1) is 15.7. The molecule has 0 saturated carbocycles. The van der Waals surface area contributed by atoms with E-state index in [0.29, 0.717) is 19.0 Å². The Bertz CT molecular complexity index is 1060. The fourth-order valence-electron chi connectivity index (χ4n) is 4.08. The molecule has 2 aliphatic rings. The van der Waals surface area contributed by atoms with E-state index in [0.717, 1.165) is 41.1 Å². The molecule has 33 heavy (non-hydrogen) atoms. The van der Waals surface area contributed by atoms with Crippen LogP contribution in [0.2, 0.25) is 0 Å². The van der Waals surface area contributed by atoms with E-state index in [1.807, 2.05) is 25.1 Å². The van der Waals surface area contributed by atoms with E-state index in [2.05, 4.69) is 15.6 Å². The van der Waals surface area contributed by atoms with Gasteiger partial charge in [0.05, 0.1) is 11.0 Å². The molecule has 0 unspecified atom stereocenters. The number of rotatable bonds is 4. The molecule has 4 rings (SSSR count). The lowest BCUT2D eigenvalue weighted by Gasteiger charge is -2.33. The van der Waals surface area contributed by atoms with Crippen molar-refractivity contribution in [2.45, 2.75) is 39.2 Å². The Morgan fingerprint density at radius 3 is 2.15 bits per heavy atom. The number of amides is 3. The molecule has 2 N–H and O–H groups in total. The number of carbonyl (C=O) groups excluding carboxylic acids is 3. The second-order valence-corrected chi connectivity index (χ2v) is 8.07. The van der Waals surface area contributed by atoms with Crippen LogP contribution in [0.1, 0.15) is 31.5 Å². The summed E-state index contributed by atoms with van der Waals surface area (Å²) < 4.78 is 2.26. The predicted octanol–water partition coefficient (Wildman–Crippen LogP) is 0.888. The Morgan fingerprint density at radius 1 is 1.00 bits per heavy atom. The molecule has 0 spiro atoms. The van der Waals surface area contributed by atoms with Crippen LogP contribution in [0.4, 0.5) is 0 Å². The summed E-state index contributed by atoms with van der Waals surface area (Å²) in [6.45, 7) is 4.17. The van der Waals surface area contributed by atoms with Crippen molar-refractivity contribution in [3.63, 3.8) is 0 Å². The van der Waals surface area contributed by atoms with Crippen LogP contribution in [0.25, 0.3) is 11.0 Å². The van der Waals surface area contributed by atoms with Gasteiger partial charge in [0.1, 0.15) is 12.4 Å². The minimum absolute atomic E-state index is 0.104. The van der Waals surface area contributed by atoms with Crippen molar-refractivity contribution in [3.05, 3.63) is 30.1 Å². The number of imidazole rings is 1. The number of piperidine rings is 1. The van der Waals surface area contributed by atoms with E-state index in [9.17, 15) is 14.4 Å². The number of nitrogens with zero attached hydrogens (tertiary/aromatic N) is 4. The normalized spacial score (nSPS) is 16.6. The predicted molar refractivity (Wildman–Crippen MR) is 115 cm³/mol. The molecule has 2 aliphatic heterocycles. The number of carboxylic acids is 2. The Hall–Kier alpha value is -3.76. The standard InChI is InChI=1S/C20H24N4O3.C2H2O4/c1-14-21-16-4-2-3-5-17(16)23(14)12-15-8-10-22(11-9-15)20(27)13-24-18(25)6-7-19(24)26;3-1(4)2(5)6/h2-5,15H,6-13H2,1H3;(H,3,4)(H,5,6). The van der Waals surface area contributed by atoms with Gasteiger partial charge >= 0.3 is 11.9 Å². The van der Waals surface area contributed by atoms with Gasteiger partial charge in [0.25, 0.3) is 0 Å². The molecule has 2 fully saturated rings. The molecule has 0 aliphatic carbocycles. The monoisotopic (exact) mass is 458 g/mol. The first-order valence-electron chi connectivity index (χ1n) is 10.7. The topological polar surface area (TPSA) is 150 Å². The van der Waals surface area contributed by atoms with Gasteiger partial charge in [0, 0.05) is 32.5 Å². The molecule has 0 atom stereocenters. The summed E-state index contributed by atoms with van der Waals surface area (Å²) in [6, 6.07) is 8.15. The largest absolute Gasteiger partial charge is 0.473 e. The number of para-hydroxylation sites is 2. The number of imide groups is 1. The number of hydrogen-bond acceptors (Lipinski definition) is 6. The van der Waals surface area contributed by atoms with Crippen molar-refractivity contribution >= 4 is 40.7 Å². The Labute approximate surface area is 189 Å². The van der Waals surface area contributed by atoms with Gasteiger partial charge in [-0.05, 0) is 37.8 Å². The molecule has 176 valence electrons. The molecule has 11 heteroatoms. The van der Waals surface area contributed by atoms with Crippen LogP contribution in [0.15, 0.2) is 24.3 Å². The maximum atomic E-state index is 12.5. The van der Waals surface area contributed by atoms with Gasteiger partial charge in [-0.15, -0.1) is 0 Å². The SMILES string of the molecule is Cc1nc2ccccc2n1CC1CCN(C(=O)CN2C(=O)CCC2=O)CC1.O=C(O)C(=O)O. The lowest BCUT2D eigenvalue weighted by Crippen LogP contribution is -2.45. The van der Waals surface area contributed by atoms with Crippen LogP contribution < -0.4 is 0 Å². The molecular weight excluding hydrogens is 432 g/mol. The van der Waals surface area contributed by atoms with Crippen LogP contribution in [0.5, 0.6) is 0 Å². The third-order valence-electron chi connectivity index (χ3n) is 5.88. The minimum Gasteiger partial charge on any atom is -0.473 e. The highest BCUT2D eigenvalue weighted by Crippen LogP contribution is 2.24. The van der Waals surface area contributed by atoms with Crippen LogP contribution in [0.3, 0.4) is 0 Å². The van der Waals surface area contributed by atoms with Gasteiger partial charge in [-0.1, -0.05) is 12.1 Å². The zero-order valence-electron chi connectivity index (χ0n) is 18.3. The number of benzene rings is 1. The number of likely N-dealkylation sites (tertiary alicyclic amines) is 2. The number of carboxylic acid groups (broad SMARTS) is 2. The van der Waals surface area contributed by atoms with Crippen molar-refractivity contribution in [1.29, 1.82) is 0 Å². The van der Waals surface area contributed by atoms with E-state index in [-0.39, 0.29) is 37.1 Å². The van der Waals surface area contributed by atoms with Crippen molar-refractivity contribution in [3.8, 4) is 0 Å². The summed E-state index contributed by atoms with van der Waals surface area (Å²) in [4.78, 5) is 61.6. The highest BCUT2D eigenvalue weighted by atomic mass is 16.4. The molecule has 1 aromatic carbocycles. The zero-order valence-corrected chi connectivity index (χ0v) is 18.3. The highest BCUT2D eigenvalue weighted by Gasteiger charge is 2.32. The number of carbonyl (C=O) groups is 5. The third kappa shape index (κ3) is 5.73.